The molecule has 1 aliphatic heterocycles. The van der Waals surface area contributed by atoms with Crippen LogP contribution in [0.1, 0.15) is 38.4 Å². The molecule has 1 saturated heterocycles. The van der Waals surface area contributed by atoms with Gasteiger partial charge in [0.2, 0.25) is 0 Å². The molecule has 2 amide bonds. The molecule has 6 nitrogen and oxygen atoms in total. The van der Waals surface area contributed by atoms with Crippen molar-refractivity contribution in [2.75, 3.05) is 36.4 Å². The second-order valence-electron chi connectivity index (χ2n) is 7.19. The highest BCUT2D eigenvalue weighted by molar-refractivity contribution is 5.89. The molecule has 0 unspecified atom stereocenters. The lowest BCUT2D eigenvalue weighted by Crippen LogP contribution is -2.42. The van der Waals surface area contributed by atoms with E-state index in [1.165, 1.54) is 0 Å². The highest BCUT2D eigenvalue weighted by Gasteiger charge is 2.28. The van der Waals surface area contributed by atoms with E-state index in [1.54, 1.807) is 6.20 Å². The number of nitrogens with zero attached hydrogens (tertiary/aromatic N) is 3. The monoisotopic (exact) mass is 382 g/mol. The van der Waals surface area contributed by atoms with E-state index in [-0.39, 0.29) is 11.9 Å². The molecule has 0 radical (unpaired) electrons. The fraction of sp³-hybridized carbons (Fsp3) is 0.455. The zero-order valence-corrected chi connectivity index (χ0v) is 16.7. The number of aliphatic hydroxyl groups is 1. The number of aliphatic hydroxyl groups excluding tert-OH is 1. The molecule has 150 valence electrons. The maximum atomic E-state index is 12.6. The third kappa shape index (κ3) is 4.81. The van der Waals surface area contributed by atoms with E-state index in [0.29, 0.717) is 18.8 Å². The van der Waals surface area contributed by atoms with Crippen LogP contribution in [0.3, 0.4) is 0 Å². The highest BCUT2D eigenvalue weighted by atomic mass is 16.3. The van der Waals surface area contributed by atoms with Gasteiger partial charge in [0.1, 0.15) is 5.82 Å². The Balaban J connectivity index is 1.51. The summed E-state index contributed by atoms with van der Waals surface area (Å²) >= 11 is 0. The SMILES string of the molecule is CCN(CC)c1ccc(NC(=O)N2CCC([C@@H](O)c3ccccc3)CC2)cn1. The molecule has 3 rings (SSSR count). The van der Waals surface area contributed by atoms with Gasteiger partial charge in [-0.1, -0.05) is 30.3 Å². The maximum absolute atomic E-state index is 12.6. The third-order valence-corrected chi connectivity index (χ3v) is 5.50. The highest BCUT2D eigenvalue weighted by Crippen LogP contribution is 2.30. The van der Waals surface area contributed by atoms with Gasteiger partial charge in [0, 0.05) is 26.2 Å². The Labute approximate surface area is 167 Å². The average Bonchev–Trinajstić information content (AvgIpc) is 2.76. The lowest BCUT2D eigenvalue weighted by atomic mass is 9.87. The number of rotatable bonds is 6. The minimum Gasteiger partial charge on any atom is -0.388 e. The summed E-state index contributed by atoms with van der Waals surface area (Å²) < 4.78 is 0. The second kappa shape index (κ2) is 9.55. The number of pyridine rings is 1. The molecule has 2 aromatic rings. The van der Waals surface area contributed by atoms with Crippen LogP contribution in [0.4, 0.5) is 16.3 Å². The number of anilines is 2. The van der Waals surface area contributed by atoms with Gasteiger partial charge < -0.3 is 20.2 Å². The number of likely N-dealkylation sites (tertiary alicyclic amines) is 1. The molecule has 28 heavy (non-hydrogen) atoms. The van der Waals surface area contributed by atoms with Gasteiger partial charge in [-0.25, -0.2) is 9.78 Å². The molecule has 2 heterocycles. The lowest BCUT2D eigenvalue weighted by molar-refractivity contribution is 0.0683. The number of urea groups is 1. The Bertz CT molecular complexity index is 739. The number of amides is 2. The molecule has 6 heteroatoms. The number of piperidine rings is 1. The molecule has 1 aromatic heterocycles. The molecule has 0 aliphatic carbocycles. The zero-order valence-electron chi connectivity index (χ0n) is 16.7. The van der Waals surface area contributed by atoms with Crippen molar-refractivity contribution in [1.29, 1.82) is 0 Å². The number of hydrogen-bond acceptors (Lipinski definition) is 4. The molecule has 1 atom stereocenters. The normalized spacial score (nSPS) is 15.9. The Morgan fingerprint density at radius 3 is 2.43 bits per heavy atom. The molecule has 0 spiro atoms. The molecular weight excluding hydrogens is 352 g/mol. The van der Waals surface area contributed by atoms with Crippen molar-refractivity contribution in [3.05, 3.63) is 54.2 Å². The van der Waals surface area contributed by atoms with Crippen molar-refractivity contribution in [1.82, 2.24) is 9.88 Å². The third-order valence-electron chi connectivity index (χ3n) is 5.50. The first-order chi connectivity index (χ1) is 13.6. The quantitative estimate of drug-likeness (QED) is 0.795. The van der Waals surface area contributed by atoms with E-state index in [2.05, 4.69) is 29.0 Å². The van der Waals surface area contributed by atoms with Crippen LogP contribution in [-0.4, -0.2) is 47.2 Å². The smallest absolute Gasteiger partial charge is 0.321 e. The van der Waals surface area contributed by atoms with Gasteiger partial charge in [0.25, 0.3) is 0 Å². The van der Waals surface area contributed by atoms with Crippen LogP contribution in [0, 0.1) is 5.92 Å². The van der Waals surface area contributed by atoms with Crippen molar-refractivity contribution in [2.24, 2.45) is 5.92 Å². The summed E-state index contributed by atoms with van der Waals surface area (Å²) in [7, 11) is 0. The molecule has 0 saturated carbocycles. The van der Waals surface area contributed by atoms with E-state index in [4.69, 9.17) is 0 Å². The average molecular weight is 383 g/mol. The Morgan fingerprint density at radius 1 is 1.18 bits per heavy atom. The number of benzene rings is 1. The fourth-order valence-electron chi connectivity index (χ4n) is 3.74. The topological polar surface area (TPSA) is 68.7 Å². The number of nitrogens with one attached hydrogen (secondary N) is 1. The second-order valence-corrected chi connectivity index (χ2v) is 7.19. The van der Waals surface area contributed by atoms with Crippen LogP contribution in [0.15, 0.2) is 48.7 Å². The first-order valence-electron chi connectivity index (χ1n) is 10.1. The van der Waals surface area contributed by atoms with Crippen molar-refractivity contribution in [3.63, 3.8) is 0 Å². The predicted octanol–water partition coefficient (Wildman–Crippen LogP) is 3.91. The van der Waals surface area contributed by atoms with E-state index in [9.17, 15) is 9.90 Å². The summed E-state index contributed by atoms with van der Waals surface area (Å²) in [6.07, 6.45) is 2.83. The molecule has 2 N–H and O–H groups in total. The van der Waals surface area contributed by atoms with Gasteiger partial charge in [0.05, 0.1) is 18.0 Å². The standard InChI is InChI=1S/C22H30N4O2/c1-3-25(4-2)20-11-10-19(16-23-20)24-22(28)26-14-12-18(13-15-26)21(27)17-8-6-5-7-9-17/h5-11,16,18,21,27H,3-4,12-15H2,1-2H3,(H,24,28)/t21-/m0/s1. The predicted molar refractivity (Wildman–Crippen MR) is 113 cm³/mol. The largest absolute Gasteiger partial charge is 0.388 e. The van der Waals surface area contributed by atoms with Gasteiger partial charge >= 0.3 is 6.03 Å². The summed E-state index contributed by atoms with van der Waals surface area (Å²) in [5.41, 5.74) is 1.65. The molecule has 1 fully saturated rings. The van der Waals surface area contributed by atoms with Crippen molar-refractivity contribution in [2.45, 2.75) is 32.8 Å². The van der Waals surface area contributed by atoms with Crippen LogP contribution in [0.25, 0.3) is 0 Å². The molecule has 0 bridgehead atoms. The Hall–Kier alpha value is -2.60. The van der Waals surface area contributed by atoms with Gasteiger partial charge in [-0.15, -0.1) is 0 Å². The van der Waals surface area contributed by atoms with Crippen molar-refractivity contribution in [3.8, 4) is 0 Å². The summed E-state index contributed by atoms with van der Waals surface area (Å²) in [5, 5.41) is 13.5. The number of carbonyl (C=O) groups is 1. The van der Waals surface area contributed by atoms with Crippen LogP contribution in [0.5, 0.6) is 0 Å². The zero-order chi connectivity index (χ0) is 19.9. The molecular formula is C22H30N4O2. The van der Waals surface area contributed by atoms with Gasteiger partial charge in [-0.3, -0.25) is 0 Å². The van der Waals surface area contributed by atoms with Crippen molar-refractivity contribution >= 4 is 17.5 Å². The van der Waals surface area contributed by atoms with E-state index < -0.39 is 6.10 Å². The van der Waals surface area contributed by atoms with E-state index >= 15 is 0 Å². The van der Waals surface area contributed by atoms with E-state index in [0.717, 1.165) is 37.3 Å². The van der Waals surface area contributed by atoms with E-state index in [1.807, 2.05) is 47.4 Å². The minimum absolute atomic E-state index is 0.106. The summed E-state index contributed by atoms with van der Waals surface area (Å²) in [5.74, 6) is 1.10. The van der Waals surface area contributed by atoms with Gasteiger partial charge in [-0.05, 0) is 50.3 Å². The number of carbonyl (C=O) groups excluding carboxylic acids is 1. The van der Waals surface area contributed by atoms with Crippen LogP contribution in [-0.2, 0) is 0 Å². The van der Waals surface area contributed by atoms with Gasteiger partial charge in [-0.2, -0.15) is 0 Å². The fourth-order valence-corrected chi connectivity index (χ4v) is 3.74. The summed E-state index contributed by atoms with van der Waals surface area (Å²) in [6, 6.07) is 13.5. The first kappa shape index (κ1) is 20.1. The Kier molecular flexibility index (Phi) is 6.87. The molecule has 1 aliphatic rings. The van der Waals surface area contributed by atoms with Gasteiger partial charge in [0.15, 0.2) is 0 Å². The Morgan fingerprint density at radius 2 is 1.86 bits per heavy atom. The lowest BCUT2D eigenvalue weighted by Gasteiger charge is -2.34. The number of aromatic nitrogens is 1. The van der Waals surface area contributed by atoms with Crippen LogP contribution < -0.4 is 10.2 Å². The summed E-state index contributed by atoms with van der Waals surface area (Å²) in [6.45, 7) is 7.28. The number of hydrogen-bond donors (Lipinski definition) is 2. The van der Waals surface area contributed by atoms with Crippen molar-refractivity contribution < 1.29 is 9.90 Å². The molecule has 1 aromatic carbocycles. The summed E-state index contributed by atoms with van der Waals surface area (Å²) in [4.78, 5) is 21.0. The van der Waals surface area contributed by atoms with Crippen LogP contribution in [0.2, 0.25) is 0 Å². The maximum Gasteiger partial charge on any atom is 0.321 e. The first-order valence-corrected chi connectivity index (χ1v) is 10.1. The minimum atomic E-state index is -0.469. The van der Waals surface area contributed by atoms with Crippen LogP contribution >= 0.6 is 0 Å².